The summed E-state index contributed by atoms with van der Waals surface area (Å²) < 4.78 is 1.86. The Morgan fingerprint density at radius 1 is 1.50 bits per heavy atom. The van der Waals surface area contributed by atoms with Gasteiger partial charge in [0.05, 0.1) is 6.20 Å². The van der Waals surface area contributed by atoms with Crippen LogP contribution in [0.4, 0.5) is 0 Å². The number of aromatic nitrogens is 2. The fourth-order valence-electron chi connectivity index (χ4n) is 0.962. The van der Waals surface area contributed by atoms with Gasteiger partial charge >= 0.3 is 0 Å². The third-order valence-electron chi connectivity index (χ3n) is 1.98. The molecule has 0 aliphatic carbocycles. The first-order valence-electron chi connectivity index (χ1n) is 4.94. The minimum atomic E-state index is 1.16. The van der Waals surface area contributed by atoms with Crippen LogP contribution in [0.25, 0.3) is 6.08 Å². The van der Waals surface area contributed by atoms with Crippen LogP contribution in [0, 0.1) is 6.92 Å². The van der Waals surface area contributed by atoms with Crippen LogP contribution in [0.3, 0.4) is 0 Å². The quantitative estimate of drug-likeness (QED) is 0.657. The Kier molecular flexibility index (Phi) is 5.61. The Labute approximate surface area is 86.9 Å². The molecule has 0 radical (unpaired) electrons. The molecule has 0 aliphatic heterocycles. The Hall–Kier alpha value is -1.31. The van der Waals surface area contributed by atoms with Crippen LogP contribution >= 0.6 is 0 Å². The molecule has 0 unspecified atom stereocenters. The van der Waals surface area contributed by atoms with E-state index < -0.39 is 0 Å². The topological polar surface area (TPSA) is 17.8 Å². The number of hydrogen-bond donors (Lipinski definition) is 0. The molecule has 0 amide bonds. The molecule has 1 aromatic rings. The molecule has 0 aromatic carbocycles. The van der Waals surface area contributed by atoms with Crippen molar-refractivity contribution in [1.29, 1.82) is 0 Å². The van der Waals surface area contributed by atoms with E-state index in [1.165, 1.54) is 5.69 Å². The highest BCUT2D eigenvalue weighted by molar-refractivity contribution is 5.56. The summed E-state index contributed by atoms with van der Waals surface area (Å²) in [6.45, 7) is 11.8. The lowest BCUT2D eigenvalue weighted by Gasteiger charge is -1.94. The normalized spacial score (nSPS) is 10.5. The van der Waals surface area contributed by atoms with E-state index in [1.54, 1.807) is 0 Å². The summed E-state index contributed by atoms with van der Waals surface area (Å²) in [6.07, 6.45) is 5.78. The maximum Gasteiger partial charge on any atom is 0.0565 e. The van der Waals surface area contributed by atoms with Crippen molar-refractivity contribution in [2.75, 3.05) is 0 Å². The van der Waals surface area contributed by atoms with Crippen molar-refractivity contribution in [3.8, 4) is 0 Å². The van der Waals surface area contributed by atoms with E-state index in [1.807, 2.05) is 44.8 Å². The zero-order valence-corrected chi connectivity index (χ0v) is 9.83. The maximum absolute atomic E-state index is 4.14. The molecule has 0 aliphatic rings. The molecule has 0 spiro atoms. The fraction of sp³-hybridized carbons (Fsp3) is 0.417. The molecule has 0 saturated carbocycles. The van der Waals surface area contributed by atoms with E-state index in [0.29, 0.717) is 0 Å². The monoisotopic (exact) mass is 192 g/mol. The first-order valence-corrected chi connectivity index (χ1v) is 4.94. The van der Waals surface area contributed by atoms with E-state index in [0.717, 1.165) is 11.1 Å². The third kappa shape index (κ3) is 3.21. The van der Waals surface area contributed by atoms with Crippen molar-refractivity contribution < 1.29 is 0 Å². The first-order chi connectivity index (χ1) is 6.65. The van der Waals surface area contributed by atoms with Gasteiger partial charge in [-0.1, -0.05) is 32.1 Å². The molecule has 2 heteroatoms. The number of allylic oxidation sites excluding steroid dienone is 2. The smallest absolute Gasteiger partial charge is 0.0565 e. The van der Waals surface area contributed by atoms with Crippen LogP contribution in [-0.4, -0.2) is 9.78 Å². The SMILES string of the molecule is C=C/C(C)=C\c1cnn(C)c1C.CC. The molecule has 1 rings (SSSR count). The zero-order valence-electron chi connectivity index (χ0n) is 9.83. The molecule has 0 N–H and O–H groups in total. The molecule has 78 valence electrons. The molecule has 0 fully saturated rings. The second kappa shape index (κ2) is 6.19. The molecule has 1 heterocycles. The minimum absolute atomic E-state index is 1.16. The Balaban J connectivity index is 0.000000791. The zero-order chi connectivity index (χ0) is 11.1. The summed E-state index contributed by atoms with van der Waals surface area (Å²) in [5.74, 6) is 0. The van der Waals surface area contributed by atoms with Crippen LogP contribution in [0.5, 0.6) is 0 Å². The van der Waals surface area contributed by atoms with Gasteiger partial charge in [0.25, 0.3) is 0 Å². The fourth-order valence-corrected chi connectivity index (χ4v) is 0.962. The predicted molar refractivity (Wildman–Crippen MR) is 63.1 cm³/mol. The second-order valence-electron chi connectivity index (χ2n) is 2.90. The number of hydrogen-bond acceptors (Lipinski definition) is 1. The molecular formula is C12H20N2. The van der Waals surface area contributed by atoms with Gasteiger partial charge in [-0.2, -0.15) is 5.10 Å². The van der Waals surface area contributed by atoms with Crippen molar-refractivity contribution in [3.05, 3.63) is 35.7 Å². The second-order valence-corrected chi connectivity index (χ2v) is 2.90. The lowest BCUT2D eigenvalue weighted by atomic mass is 10.2. The van der Waals surface area contributed by atoms with Crippen molar-refractivity contribution >= 4 is 6.08 Å². The summed E-state index contributed by atoms with van der Waals surface area (Å²) >= 11 is 0. The van der Waals surface area contributed by atoms with Gasteiger partial charge in [0.1, 0.15) is 0 Å². The third-order valence-corrected chi connectivity index (χ3v) is 1.98. The van der Waals surface area contributed by atoms with E-state index in [-0.39, 0.29) is 0 Å². The van der Waals surface area contributed by atoms with Gasteiger partial charge in [-0.3, -0.25) is 4.68 Å². The average molecular weight is 192 g/mol. The summed E-state index contributed by atoms with van der Waals surface area (Å²) in [4.78, 5) is 0. The van der Waals surface area contributed by atoms with Gasteiger partial charge in [0.2, 0.25) is 0 Å². The van der Waals surface area contributed by atoms with Gasteiger partial charge < -0.3 is 0 Å². The van der Waals surface area contributed by atoms with E-state index in [2.05, 4.69) is 24.7 Å². The van der Waals surface area contributed by atoms with Crippen molar-refractivity contribution in [2.45, 2.75) is 27.7 Å². The van der Waals surface area contributed by atoms with Crippen LogP contribution in [0.1, 0.15) is 32.0 Å². The van der Waals surface area contributed by atoms with Crippen LogP contribution in [-0.2, 0) is 7.05 Å². The highest BCUT2D eigenvalue weighted by Gasteiger charge is 1.98. The molecule has 14 heavy (non-hydrogen) atoms. The molecule has 0 bridgehead atoms. The molecule has 0 saturated heterocycles. The standard InChI is InChI=1S/C10H14N2.C2H6/c1-5-8(2)6-10-7-11-12(4)9(10)3;1-2/h5-7H,1H2,2-4H3;1-2H3/b8-6-;. The number of nitrogens with zero attached hydrogens (tertiary/aromatic N) is 2. The lowest BCUT2D eigenvalue weighted by molar-refractivity contribution is 0.740. The van der Waals surface area contributed by atoms with Gasteiger partial charge in [0, 0.05) is 18.3 Å². The summed E-state index contributed by atoms with van der Waals surface area (Å²) in [6, 6.07) is 0. The largest absolute Gasteiger partial charge is 0.272 e. The summed E-state index contributed by atoms with van der Waals surface area (Å²) in [7, 11) is 1.94. The van der Waals surface area contributed by atoms with Crippen molar-refractivity contribution in [3.63, 3.8) is 0 Å². The highest BCUT2D eigenvalue weighted by Crippen LogP contribution is 2.10. The Morgan fingerprint density at radius 3 is 2.43 bits per heavy atom. The molecule has 1 aromatic heterocycles. The van der Waals surface area contributed by atoms with Crippen LogP contribution in [0.2, 0.25) is 0 Å². The van der Waals surface area contributed by atoms with Crippen LogP contribution in [0.15, 0.2) is 24.4 Å². The predicted octanol–water partition coefficient (Wildman–Crippen LogP) is 3.34. The summed E-state index contributed by atoms with van der Waals surface area (Å²) in [5, 5.41) is 4.14. The van der Waals surface area contributed by atoms with Gasteiger partial charge in [-0.05, 0) is 19.9 Å². The molecular weight excluding hydrogens is 172 g/mol. The number of rotatable bonds is 2. The Morgan fingerprint density at radius 2 is 2.07 bits per heavy atom. The van der Waals surface area contributed by atoms with Crippen molar-refractivity contribution in [1.82, 2.24) is 9.78 Å². The minimum Gasteiger partial charge on any atom is -0.272 e. The highest BCUT2D eigenvalue weighted by atomic mass is 15.3. The van der Waals surface area contributed by atoms with E-state index >= 15 is 0 Å². The van der Waals surface area contributed by atoms with Gasteiger partial charge in [-0.25, -0.2) is 0 Å². The Bertz CT molecular complexity index is 319. The van der Waals surface area contributed by atoms with E-state index in [4.69, 9.17) is 0 Å². The van der Waals surface area contributed by atoms with E-state index in [9.17, 15) is 0 Å². The van der Waals surface area contributed by atoms with Crippen LogP contribution < -0.4 is 0 Å². The van der Waals surface area contributed by atoms with Gasteiger partial charge in [0.15, 0.2) is 0 Å². The molecule has 2 nitrogen and oxygen atoms in total. The maximum atomic E-state index is 4.14. The molecule has 0 atom stereocenters. The summed E-state index contributed by atoms with van der Waals surface area (Å²) in [5.41, 5.74) is 3.50. The van der Waals surface area contributed by atoms with Gasteiger partial charge in [-0.15, -0.1) is 0 Å². The lowest BCUT2D eigenvalue weighted by Crippen LogP contribution is -1.92. The van der Waals surface area contributed by atoms with Crippen molar-refractivity contribution in [2.24, 2.45) is 7.05 Å². The average Bonchev–Trinajstić information content (AvgIpc) is 2.52. The number of aryl methyl sites for hydroxylation is 1. The first kappa shape index (κ1) is 12.7.